The van der Waals surface area contributed by atoms with Crippen LogP contribution in [-0.2, 0) is 6.42 Å². The Morgan fingerprint density at radius 1 is 0.727 bits per heavy atom. The molecule has 4 aromatic rings. The first kappa shape index (κ1) is 13.2. The number of benzene rings is 3. The first-order chi connectivity index (χ1) is 10.9. The number of hydrogen-bond donors (Lipinski definition) is 0. The second-order valence-electron chi connectivity index (χ2n) is 5.32. The lowest BCUT2D eigenvalue weighted by molar-refractivity contribution is 1.16. The Kier molecular flexibility index (Phi) is 3.45. The van der Waals surface area contributed by atoms with Crippen molar-refractivity contribution in [2.75, 3.05) is 0 Å². The van der Waals surface area contributed by atoms with E-state index in [4.69, 9.17) is 4.98 Å². The maximum atomic E-state index is 4.81. The molecule has 3 aromatic carbocycles. The van der Waals surface area contributed by atoms with E-state index in [0.29, 0.717) is 0 Å². The van der Waals surface area contributed by atoms with Gasteiger partial charge in [0.15, 0.2) is 0 Å². The molecule has 0 saturated carbocycles. The fourth-order valence-corrected chi connectivity index (χ4v) is 3.61. The van der Waals surface area contributed by atoms with Crippen molar-refractivity contribution < 1.29 is 0 Å². The quantitative estimate of drug-likeness (QED) is 0.483. The first-order valence-corrected chi connectivity index (χ1v) is 8.19. The van der Waals surface area contributed by atoms with Crippen LogP contribution in [0.25, 0.3) is 21.3 Å². The number of aromatic nitrogens is 1. The Morgan fingerprint density at radius 2 is 1.45 bits per heavy atom. The highest BCUT2D eigenvalue weighted by molar-refractivity contribution is 7.18. The van der Waals surface area contributed by atoms with Crippen LogP contribution in [0.3, 0.4) is 0 Å². The molecule has 1 nitrogen and oxygen atoms in total. The molecule has 0 aliphatic rings. The van der Waals surface area contributed by atoms with Crippen LogP contribution in [0.1, 0.15) is 10.6 Å². The fourth-order valence-electron chi connectivity index (χ4n) is 2.63. The number of nitrogens with zero attached hydrogens (tertiary/aromatic N) is 1. The standard InChI is InChI=1S/C20H15NS/c1-3-7-15(8-4-1)13-20-21-18-14-17(11-12-19(18)22-20)16-9-5-2-6-10-16/h1-12,14H,13H2. The Bertz CT molecular complexity index is 895. The molecular weight excluding hydrogens is 286 g/mol. The zero-order valence-corrected chi connectivity index (χ0v) is 12.9. The topological polar surface area (TPSA) is 12.9 Å². The molecule has 0 bridgehead atoms. The molecular formula is C20H15NS. The predicted molar refractivity (Wildman–Crippen MR) is 94.3 cm³/mol. The zero-order chi connectivity index (χ0) is 14.8. The smallest absolute Gasteiger partial charge is 0.0982 e. The monoisotopic (exact) mass is 301 g/mol. The minimum Gasteiger partial charge on any atom is -0.241 e. The van der Waals surface area contributed by atoms with Crippen LogP contribution >= 0.6 is 11.3 Å². The van der Waals surface area contributed by atoms with Gasteiger partial charge in [-0.25, -0.2) is 4.98 Å². The van der Waals surface area contributed by atoms with Crippen molar-refractivity contribution in [2.24, 2.45) is 0 Å². The minimum atomic E-state index is 0.904. The van der Waals surface area contributed by atoms with Gasteiger partial charge in [-0.3, -0.25) is 0 Å². The van der Waals surface area contributed by atoms with E-state index in [0.717, 1.165) is 11.9 Å². The molecule has 0 amide bonds. The highest BCUT2D eigenvalue weighted by Gasteiger charge is 2.06. The van der Waals surface area contributed by atoms with Gasteiger partial charge in [0, 0.05) is 6.42 Å². The summed E-state index contributed by atoms with van der Waals surface area (Å²) in [5.41, 5.74) is 4.87. The van der Waals surface area contributed by atoms with E-state index >= 15 is 0 Å². The van der Waals surface area contributed by atoms with Crippen molar-refractivity contribution in [1.82, 2.24) is 4.98 Å². The summed E-state index contributed by atoms with van der Waals surface area (Å²) < 4.78 is 1.26. The molecule has 0 aliphatic carbocycles. The van der Waals surface area contributed by atoms with Gasteiger partial charge in [-0.1, -0.05) is 66.7 Å². The van der Waals surface area contributed by atoms with E-state index < -0.39 is 0 Å². The van der Waals surface area contributed by atoms with Crippen LogP contribution in [0.4, 0.5) is 0 Å². The van der Waals surface area contributed by atoms with Crippen LogP contribution in [0, 0.1) is 0 Å². The number of fused-ring (bicyclic) bond motifs is 1. The number of hydrogen-bond acceptors (Lipinski definition) is 2. The van der Waals surface area contributed by atoms with Crippen molar-refractivity contribution in [3.63, 3.8) is 0 Å². The van der Waals surface area contributed by atoms with Gasteiger partial charge < -0.3 is 0 Å². The van der Waals surface area contributed by atoms with Crippen LogP contribution in [0.5, 0.6) is 0 Å². The second kappa shape index (κ2) is 5.74. The lowest BCUT2D eigenvalue weighted by atomic mass is 10.1. The molecule has 0 spiro atoms. The molecule has 2 heteroatoms. The Balaban J connectivity index is 1.69. The average molecular weight is 301 g/mol. The van der Waals surface area contributed by atoms with Crippen LogP contribution in [0.15, 0.2) is 78.9 Å². The Hall–Kier alpha value is -2.45. The number of rotatable bonds is 3. The SMILES string of the molecule is c1ccc(Cc2nc3cc(-c4ccccc4)ccc3s2)cc1. The molecule has 22 heavy (non-hydrogen) atoms. The van der Waals surface area contributed by atoms with E-state index in [2.05, 4.69) is 66.7 Å². The molecule has 0 unspecified atom stereocenters. The van der Waals surface area contributed by atoms with Crippen molar-refractivity contribution >= 4 is 21.6 Å². The highest BCUT2D eigenvalue weighted by atomic mass is 32.1. The third-order valence-electron chi connectivity index (χ3n) is 3.74. The average Bonchev–Trinajstić information content (AvgIpc) is 2.98. The third-order valence-corrected chi connectivity index (χ3v) is 4.77. The molecule has 106 valence electrons. The first-order valence-electron chi connectivity index (χ1n) is 7.37. The maximum Gasteiger partial charge on any atom is 0.0982 e. The summed E-state index contributed by atoms with van der Waals surface area (Å²) in [4.78, 5) is 4.81. The summed E-state index contributed by atoms with van der Waals surface area (Å²) >= 11 is 1.78. The number of thiazole rings is 1. The minimum absolute atomic E-state index is 0.904. The molecule has 0 radical (unpaired) electrons. The molecule has 0 saturated heterocycles. The van der Waals surface area contributed by atoms with Gasteiger partial charge >= 0.3 is 0 Å². The van der Waals surface area contributed by atoms with Crippen LogP contribution in [-0.4, -0.2) is 4.98 Å². The molecule has 0 fully saturated rings. The molecule has 0 N–H and O–H groups in total. The van der Waals surface area contributed by atoms with E-state index in [9.17, 15) is 0 Å². The molecule has 4 rings (SSSR count). The predicted octanol–water partition coefficient (Wildman–Crippen LogP) is 5.55. The van der Waals surface area contributed by atoms with Gasteiger partial charge in [-0.15, -0.1) is 11.3 Å². The van der Waals surface area contributed by atoms with Gasteiger partial charge in [0.1, 0.15) is 0 Å². The fraction of sp³-hybridized carbons (Fsp3) is 0.0500. The summed E-state index contributed by atoms with van der Waals surface area (Å²) in [5, 5.41) is 1.17. The summed E-state index contributed by atoms with van der Waals surface area (Å²) in [6, 6.07) is 27.5. The normalized spacial score (nSPS) is 10.9. The highest BCUT2D eigenvalue weighted by Crippen LogP contribution is 2.28. The van der Waals surface area contributed by atoms with Crippen LogP contribution < -0.4 is 0 Å². The van der Waals surface area contributed by atoms with Gasteiger partial charge in [0.25, 0.3) is 0 Å². The lowest BCUT2D eigenvalue weighted by Gasteiger charge is -2.00. The molecule has 1 heterocycles. The second-order valence-corrected chi connectivity index (χ2v) is 6.43. The van der Waals surface area contributed by atoms with Crippen molar-refractivity contribution in [1.29, 1.82) is 0 Å². The largest absolute Gasteiger partial charge is 0.241 e. The van der Waals surface area contributed by atoms with E-state index in [1.165, 1.54) is 26.4 Å². The van der Waals surface area contributed by atoms with E-state index in [1.54, 1.807) is 11.3 Å². The third kappa shape index (κ3) is 2.66. The Labute approximate surface area is 133 Å². The maximum absolute atomic E-state index is 4.81. The van der Waals surface area contributed by atoms with Crippen LogP contribution in [0.2, 0.25) is 0 Å². The van der Waals surface area contributed by atoms with Crippen molar-refractivity contribution in [3.05, 3.63) is 89.4 Å². The van der Waals surface area contributed by atoms with Gasteiger partial charge in [0.2, 0.25) is 0 Å². The summed E-state index contributed by atoms with van der Waals surface area (Å²) in [6.07, 6.45) is 0.904. The van der Waals surface area contributed by atoms with E-state index in [1.807, 2.05) is 12.1 Å². The summed E-state index contributed by atoms with van der Waals surface area (Å²) in [6.45, 7) is 0. The van der Waals surface area contributed by atoms with Gasteiger partial charge in [-0.2, -0.15) is 0 Å². The lowest BCUT2D eigenvalue weighted by Crippen LogP contribution is -1.85. The van der Waals surface area contributed by atoms with Crippen molar-refractivity contribution in [2.45, 2.75) is 6.42 Å². The summed E-state index contributed by atoms with van der Waals surface area (Å²) in [7, 11) is 0. The molecule has 1 aromatic heterocycles. The zero-order valence-electron chi connectivity index (χ0n) is 12.1. The van der Waals surface area contributed by atoms with Gasteiger partial charge in [0.05, 0.1) is 15.2 Å². The Morgan fingerprint density at radius 3 is 2.23 bits per heavy atom. The molecule has 0 atom stereocenters. The molecule has 0 aliphatic heterocycles. The van der Waals surface area contributed by atoms with Crippen molar-refractivity contribution in [3.8, 4) is 11.1 Å². The van der Waals surface area contributed by atoms with Gasteiger partial charge in [-0.05, 0) is 28.8 Å². The summed E-state index contributed by atoms with van der Waals surface area (Å²) in [5.74, 6) is 0. The van der Waals surface area contributed by atoms with E-state index in [-0.39, 0.29) is 0 Å².